The van der Waals surface area contributed by atoms with Crippen LogP contribution in [0.3, 0.4) is 0 Å². The van der Waals surface area contributed by atoms with Gasteiger partial charge < -0.3 is 5.32 Å². The van der Waals surface area contributed by atoms with Crippen LogP contribution >= 0.6 is 11.6 Å². The van der Waals surface area contributed by atoms with Crippen LogP contribution in [0.4, 0.5) is 0 Å². The standard InChI is InChI=1S/C16H25ClN2/c1-4-16(3)12-19(13(2)8-9-18-16)11-14-6-5-7-15(17)10-14/h5-7,10,13,18H,4,8-9,11-12H2,1-3H3. The average molecular weight is 281 g/mol. The lowest BCUT2D eigenvalue weighted by Crippen LogP contribution is -2.49. The van der Waals surface area contributed by atoms with Crippen LogP contribution in [-0.4, -0.2) is 29.6 Å². The van der Waals surface area contributed by atoms with Gasteiger partial charge in [-0.1, -0.05) is 30.7 Å². The van der Waals surface area contributed by atoms with E-state index < -0.39 is 0 Å². The Bertz CT molecular complexity index is 421. The van der Waals surface area contributed by atoms with Gasteiger partial charge in [-0.25, -0.2) is 0 Å². The molecular formula is C16H25ClN2. The molecule has 1 aliphatic rings. The molecule has 1 fully saturated rings. The van der Waals surface area contributed by atoms with Crippen molar-refractivity contribution in [3.63, 3.8) is 0 Å². The first kappa shape index (κ1) is 14.8. The molecule has 2 atom stereocenters. The third kappa shape index (κ3) is 3.95. The van der Waals surface area contributed by atoms with Gasteiger partial charge >= 0.3 is 0 Å². The Labute approximate surface area is 122 Å². The van der Waals surface area contributed by atoms with E-state index in [1.807, 2.05) is 12.1 Å². The smallest absolute Gasteiger partial charge is 0.0409 e. The number of halogens is 1. The highest BCUT2D eigenvalue weighted by Gasteiger charge is 2.30. The summed E-state index contributed by atoms with van der Waals surface area (Å²) in [4.78, 5) is 2.58. The highest BCUT2D eigenvalue weighted by molar-refractivity contribution is 6.30. The van der Waals surface area contributed by atoms with E-state index in [0.29, 0.717) is 6.04 Å². The van der Waals surface area contributed by atoms with Crippen LogP contribution in [0.2, 0.25) is 5.02 Å². The zero-order valence-corrected chi connectivity index (χ0v) is 13.0. The first-order chi connectivity index (χ1) is 9.02. The number of hydrogen-bond acceptors (Lipinski definition) is 2. The summed E-state index contributed by atoms with van der Waals surface area (Å²) >= 11 is 6.08. The summed E-state index contributed by atoms with van der Waals surface area (Å²) in [7, 11) is 0. The quantitative estimate of drug-likeness (QED) is 0.908. The maximum Gasteiger partial charge on any atom is 0.0409 e. The van der Waals surface area contributed by atoms with Crippen LogP contribution in [0.25, 0.3) is 0 Å². The van der Waals surface area contributed by atoms with Gasteiger partial charge in [-0.15, -0.1) is 0 Å². The SMILES string of the molecule is CCC1(C)CN(Cc2cccc(Cl)c2)C(C)CCN1. The molecule has 3 heteroatoms. The van der Waals surface area contributed by atoms with E-state index in [1.54, 1.807) is 0 Å². The summed E-state index contributed by atoms with van der Waals surface area (Å²) in [5.41, 5.74) is 1.53. The Hall–Kier alpha value is -0.570. The lowest BCUT2D eigenvalue weighted by atomic mass is 9.98. The molecule has 2 rings (SSSR count). The minimum absolute atomic E-state index is 0.226. The minimum Gasteiger partial charge on any atom is -0.310 e. The predicted octanol–water partition coefficient (Wildman–Crippen LogP) is 3.69. The van der Waals surface area contributed by atoms with Crippen molar-refractivity contribution >= 4 is 11.6 Å². The maximum absolute atomic E-state index is 6.08. The Morgan fingerprint density at radius 1 is 1.47 bits per heavy atom. The molecule has 1 aromatic carbocycles. The van der Waals surface area contributed by atoms with Gasteiger partial charge in [-0.2, -0.15) is 0 Å². The van der Waals surface area contributed by atoms with Crippen LogP contribution in [0.1, 0.15) is 39.2 Å². The van der Waals surface area contributed by atoms with Crippen molar-refractivity contribution in [1.29, 1.82) is 0 Å². The van der Waals surface area contributed by atoms with Gasteiger partial charge in [0.1, 0.15) is 0 Å². The van der Waals surface area contributed by atoms with E-state index in [1.165, 1.54) is 12.0 Å². The summed E-state index contributed by atoms with van der Waals surface area (Å²) in [6.07, 6.45) is 2.36. The topological polar surface area (TPSA) is 15.3 Å². The highest BCUT2D eigenvalue weighted by atomic mass is 35.5. The van der Waals surface area contributed by atoms with E-state index in [0.717, 1.165) is 31.1 Å². The number of rotatable bonds is 3. The van der Waals surface area contributed by atoms with E-state index in [-0.39, 0.29) is 5.54 Å². The molecule has 19 heavy (non-hydrogen) atoms. The van der Waals surface area contributed by atoms with Gasteiger partial charge in [0, 0.05) is 29.7 Å². The van der Waals surface area contributed by atoms with Gasteiger partial charge in [-0.05, 0) is 50.9 Å². The van der Waals surface area contributed by atoms with Crippen molar-refractivity contribution < 1.29 is 0 Å². The third-order valence-corrected chi connectivity index (χ3v) is 4.58. The van der Waals surface area contributed by atoms with Crippen LogP contribution in [0, 0.1) is 0 Å². The number of hydrogen-bond donors (Lipinski definition) is 1. The van der Waals surface area contributed by atoms with Crippen molar-refractivity contribution in [2.45, 2.75) is 51.7 Å². The average Bonchev–Trinajstić information content (AvgIpc) is 2.50. The number of benzene rings is 1. The van der Waals surface area contributed by atoms with Crippen molar-refractivity contribution in [3.8, 4) is 0 Å². The normalized spacial score (nSPS) is 29.2. The molecule has 2 unspecified atom stereocenters. The Balaban J connectivity index is 2.11. The zero-order chi connectivity index (χ0) is 13.9. The molecular weight excluding hydrogens is 256 g/mol. The lowest BCUT2D eigenvalue weighted by molar-refractivity contribution is 0.163. The lowest BCUT2D eigenvalue weighted by Gasteiger charge is -2.35. The first-order valence-corrected chi connectivity index (χ1v) is 7.64. The summed E-state index contributed by atoms with van der Waals surface area (Å²) in [5, 5.41) is 4.53. The molecule has 1 saturated heterocycles. The van der Waals surface area contributed by atoms with E-state index >= 15 is 0 Å². The second-order valence-electron chi connectivity index (χ2n) is 6.01. The summed E-state index contributed by atoms with van der Waals surface area (Å²) < 4.78 is 0. The Morgan fingerprint density at radius 3 is 2.95 bits per heavy atom. The molecule has 0 amide bonds. The molecule has 0 aliphatic carbocycles. The second-order valence-corrected chi connectivity index (χ2v) is 6.45. The summed E-state index contributed by atoms with van der Waals surface area (Å²) in [5.74, 6) is 0. The monoisotopic (exact) mass is 280 g/mol. The molecule has 1 aliphatic heterocycles. The molecule has 1 heterocycles. The van der Waals surface area contributed by atoms with Crippen molar-refractivity contribution in [2.24, 2.45) is 0 Å². The number of nitrogens with zero attached hydrogens (tertiary/aromatic N) is 1. The third-order valence-electron chi connectivity index (χ3n) is 4.34. The fraction of sp³-hybridized carbons (Fsp3) is 0.625. The van der Waals surface area contributed by atoms with Crippen LogP contribution < -0.4 is 5.32 Å². The van der Waals surface area contributed by atoms with Crippen molar-refractivity contribution in [1.82, 2.24) is 10.2 Å². The van der Waals surface area contributed by atoms with Crippen molar-refractivity contribution in [3.05, 3.63) is 34.9 Å². The maximum atomic E-state index is 6.08. The Morgan fingerprint density at radius 2 is 2.26 bits per heavy atom. The van der Waals surface area contributed by atoms with Crippen LogP contribution in [-0.2, 0) is 6.54 Å². The molecule has 0 aromatic heterocycles. The molecule has 0 saturated carbocycles. The molecule has 106 valence electrons. The van der Waals surface area contributed by atoms with E-state index in [4.69, 9.17) is 11.6 Å². The van der Waals surface area contributed by atoms with Crippen LogP contribution in [0.5, 0.6) is 0 Å². The van der Waals surface area contributed by atoms with Gasteiger partial charge in [-0.3, -0.25) is 4.90 Å². The van der Waals surface area contributed by atoms with E-state index in [9.17, 15) is 0 Å². The molecule has 2 nitrogen and oxygen atoms in total. The predicted molar refractivity (Wildman–Crippen MR) is 82.6 cm³/mol. The highest BCUT2D eigenvalue weighted by Crippen LogP contribution is 2.22. The minimum atomic E-state index is 0.226. The molecule has 1 aromatic rings. The van der Waals surface area contributed by atoms with Gasteiger partial charge in [0.2, 0.25) is 0 Å². The number of nitrogens with one attached hydrogen (secondary N) is 1. The van der Waals surface area contributed by atoms with Gasteiger partial charge in [0.25, 0.3) is 0 Å². The molecule has 1 N–H and O–H groups in total. The van der Waals surface area contributed by atoms with Crippen molar-refractivity contribution in [2.75, 3.05) is 13.1 Å². The van der Waals surface area contributed by atoms with Gasteiger partial charge in [0.05, 0.1) is 0 Å². The second kappa shape index (κ2) is 6.25. The molecule has 0 spiro atoms. The molecule has 0 radical (unpaired) electrons. The van der Waals surface area contributed by atoms with E-state index in [2.05, 4.69) is 43.1 Å². The summed E-state index contributed by atoms with van der Waals surface area (Å²) in [6.45, 7) is 10.1. The summed E-state index contributed by atoms with van der Waals surface area (Å²) in [6, 6.07) is 8.84. The fourth-order valence-corrected chi connectivity index (χ4v) is 2.96. The first-order valence-electron chi connectivity index (χ1n) is 7.26. The molecule has 0 bridgehead atoms. The van der Waals surface area contributed by atoms with Gasteiger partial charge in [0.15, 0.2) is 0 Å². The largest absolute Gasteiger partial charge is 0.310 e. The van der Waals surface area contributed by atoms with Crippen LogP contribution in [0.15, 0.2) is 24.3 Å². The fourth-order valence-electron chi connectivity index (χ4n) is 2.74. The Kier molecular flexibility index (Phi) is 4.88. The zero-order valence-electron chi connectivity index (χ0n) is 12.2.